The number of anilines is 1. The second-order valence-electron chi connectivity index (χ2n) is 6.47. The van der Waals surface area contributed by atoms with E-state index < -0.39 is 0 Å². The van der Waals surface area contributed by atoms with Gasteiger partial charge in [-0.15, -0.1) is 0 Å². The molecule has 2 aromatic carbocycles. The second-order valence-corrected chi connectivity index (χ2v) is 6.90. The number of carbonyl (C=O) groups excluding carboxylic acids is 1. The van der Waals surface area contributed by atoms with Crippen molar-refractivity contribution in [3.63, 3.8) is 0 Å². The maximum atomic E-state index is 12.2. The molecular weight excluding hydrogens is 320 g/mol. The van der Waals surface area contributed by atoms with Gasteiger partial charge in [-0.3, -0.25) is 9.69 Å². The van der Waals surface area contributed by atoms with Gasteiger partial charge in [0.1, 0.15) is 0 Å². The van der Waals surface area contributed by atoms with Crippen LogP contribution >= 0.6 is 11.6 Å². The topological polar surface area (TPSA) is 32.3 Å². The highest BCUT2D eigenvalue weighted by Gasteiger charge is 2.21. The molecule has 0 aliphatic carbocycles. The number of benzene rings is 2. The SMILES string of the molecule is O=C(CN1CCC(Cc2ccccc2)CC1)Nc1cccc(Cl)c1. The molecule has 4 heteroatoms. The molecule has 0 saturated carbocycles. The number of piperidine rings is 1. The van der Waals surface area contributed by atoms with Gasteiger partial charge >= 0.3 is 0 Å². The summed E-state index contributed by atoms with van der Waals surface area (Å²) in [5.74, 6) is 0.749. The Hall–Kier alpha value is -1.84. The third kappa shape index (κ3) is 5.08. The van der Waals surface area contributed by atoms with Crippen molar-refractivity contribution < 1.29 is 4.79 Å². The molecule has 0 unspecified atom stereocenters. The summed E-state index contributed by atoms with van der Waals surface area (Å²) in [5.41, 5.74) is 2.17. The first kappa shape index (κ1) is 17.0. The Bertz CT molecular complexity index is 666. The van der Waals surface area contributed by atoms with Crippen LogP contribution in [0, 0.1) is 5.92 Å². The number of likely N-dealkylation sites (tertiary alicyclic amines) is 1. The molecule has 3 rings (SSSR count). The molecule has 1 amide bonds. The summed E-state index contributed by atoms with van der Waals surface area (Å²) in [7, 11) is 0. The Balaban J connectivity index is 1.42. The molecule has 0 aromatic heterocycles. The van der Waals surface area contributed by atoms with Crippen molar-refractivity contribution in [1.82, 2.24) is 4.90 Å². The maximum absolute atomic E-state index is 12.2. The highest BCUT2D eigenvalue weighted by atomic mass is 35.5. The molecule has 1 aliphatic rings. The van der Waals surface area contributed by atoms with Crippen molar-refractivity contribution in [1.29, 1.82) is 0 Å². The third-order valence-electron chi connectivity index (χ3n) is 4.55. The van der Waals surface area contributed by atoms with Crippen LogP contribution in [0.1, 0.15) is 18.4 Å². The van der Waals surface area contributed by atoms with E-state index in [4.69, 9.17) is 11.6 Å². The molecule has 0 atom stereocenters. The van der Waals surface area contributed by atoms with Gasteiger partial charge in [0, 0.05) is 10.7 Å². The van der Waals surface area contributed by atoms with Gasteiger partial charge in [0.2, 0.25) is 5.91 Å². The van der Waals surface area contributed by atoms with Crippen molar-refractivity contribution in [2.75, 3.05) is 25.0 Å². The lowest BCUT2D eigenvalue weighted by Crippen LogP contribution is -2.39. The van der Waals surface area contributed by atoms with Crippen LogP contribution in [0.5, 0.6) is 0 Å². The van der Waals surface area contributed by atoms with Crippen LogP contribution in [-0.4, -0.2) is 30.4 Å². The van der Waals surface area contributed by atoms with Gasteiger partial charge in [-0.05, 0) is 62.0 Å². The first-order valence-electron chi connectivity index (χ1n) is 8.51. The number of carbonyl (C=O) groups is 1. The van der Waals surface area contributed by atoms with Crippen LogP contribution < -0.4 is 5.32 Å². The highest BCUT2D eigenvalue weighted by Crippen LogP contribution is 2.21. The quantitative estimate of drug-likeness (QED) is 0.881. The van der Waals surface area contributed by atoms with Gasteiger partial charge in [0.05, 0.1) is 6.54 Å². The van der Waals surface area contributed by atoms with E-state index in [-0.39, 0.29) is 5.91 Å². The standard InChI is InChI=1S/C20H23ClN2O/c21-18-7-4-8-19(14-18)22-20(24)15-23-11-9-17(10-12-23)13-16-5-2-1-3-6-16/h1-8,14,17H,9-13,15H2,(H,22,24). The number of nitrogens with one attached hydrogen (secondary N) is 1. The van der Waals surface area contributed by atoms with E-state index in [1.54, 1.807) is 12.1 Å². The average molecular weight is 343 g/mol. The van der Waals surface area contributed by atoms with E-state index in [9.17, 15) is 4.79 Å². The van der Waals surface area contributed by atoms with E-state index in [1.165, 1.54) is 5.56 Å². The van der Waals surface area contributed by atoms with Gasteiger partial charge in [-0.25, -0.2) is 0 Å². The van der Waals surface area contributed by atoms with Crippen LogP contribution in [0.4, 0.5) is 5.69 Å². The fraction of sp³-hybridized carbons (Fsp3) is 0.350. The van der Waals surface area contributed by atoms with Crippen molar-refractivity contribution in [3.05, 3.63) is 65.2 Å². The van der Waals surface area contributed by atoms with Crippen LogP contribution in [0.25, 0.3) is 0 Å². The monoisotopic (exact) mass is 342 g/mol. The van der Waals surface area contributed by atoms with Crippen LogP contribution in [0.2, 0.25) is 5.02 Å². The fourth-order valence-electron chi connectivity index (χ4n) is 3.27. The van der Waals surface area contributed by atoms with E-state index in [1.807, 2.05) is 12.1 Å². The minimum Gasteiger partial charge on any atom is -0.325 e. The zero-order valence-corrected chi connectivity index (χ0v) is 14.5. The molecule has 3 nitrogen and oxygen atoms in total. The van der Waals surface area contributed by atoms with Gasteiger partial charge in [-0.2, -0.15) is 0 Å². The molecule has 1 fully saturated rings. The Morgan fingerprint density at radius 3 is 2.54 bits per heavy atom. The van der Waals surface area contributed by atoms with E-state index in [2.05, 4.69) is 40.5 Å². The number of rotatable bonds is 5. The smallest absolute Gasteiger partial charge is 0.238 e. The van der Waals surface area contributed by atoms with Crippen molar-refractivity contribution in [2.24, 2.45) is 5.92 Å². The van der Waals surface area contributed by atoms with E-state index >= 15 is 0 Å². The lowest BCUT2D eigenvalue weighted by molar-refractivity contribution is -0.117. The van der Waals surface area contributed by atoms with Crippen molar-refractivity contribution in [3.8, 4) is 0 Å². The average Bonchev–Trinajstić information content (AvgIpc) is 2.57. The normalized spacial score (nSPS) is 16.0. The molecule has 1 aliphatic heterocycles. The maximum Gasteiger partial charge on any atom is 0.238 e. The van der Waals surface area contributed by atoms with Crippen LogP contribution in [0.3, 0.4) is 0 Å². The Morgan fingerprint density at radius 2 is 1.83 bits per heavy atom. The molecule has 0 spiro atoms. The molecular formula is C20H23ClN2O. The summed E-state index contributed by atoms with van der Waals surface area (Å²) in [6.07, 6.45) is 3.45. The lowest BCUT2D eigenvalue weighted by Gasteiger charge is -2.31. The number of nitrogens with zero attached hydrogens (tertiary/aromatic N) is 1. The summed E-state index contributed by atoms with van der Waals surface area (Å²) >= 11 is 5.94. The Kier molecular flexibility index (Phi) is 5.89. The third-order valence-corrected chi connectivity index (χ3v) is 4.79. The highest BCUT2D eigenvalue weighted by molar-refractivity contribution is 6.30. The Labute approximate surface area is 148 Å². The summed E-state index contributed by atoms with van der Waals surface area (Å²) in [6.45, 7) is 2.42. The van der Waals surface area contributed by atoms with Gasteiger partial charge in [-0.1, -0.05) is 48.0 Å². The molecule has 24 heavy (non-hydrogen) atoms. The molecule has 0 bridgehead atoms. The van der Waals surface area contributed by atoms with Crippen LogP contribution in [-0.2, 0) is 11.2 Å². The van der Waals surface area contributed by atoms with Crippen molar-refractivity contribution >= 4 is 23.2 Å². The fourth-order valence-corrected chi connectivity index (χ4v) is 3.46. The van der Waals surface area contributed by atoms with Gasteiger partial charge in [0.25, 0.3) is 0 Å². The minimum atomic E-state index is 0.0266. The second kappa shape index (κ2) is 8.32. The molecule has 2 aromatic rings. The predicted octanol–water partition coefficient (Wildman–Crippen LogP) is 4.23. The number of hydrogen-bond acceptors (Lipinski definition) is 2. The molecule has 1 heterocycles. The first-order chi connectivity index (χ1) is 11.7. The lowest BCUT2D eigenvalue weighted by atomic mass is 9.90. The molecule has 1 N–H and O–H groups in total. The summed E-state index contributed by atoms with van der Waals surface area (Å²) in [5, 5.41) is 3.55. The minimum absolute atomic E-state index is 0.0266. The number of halogens is 1. The first-order valence-corrected chi connectivity index (χ1v) is 8.88. The molecule has 126 valence electrons. The van der Waals surface area contributed by atoms with E-state index in [0.29, 0.717) is 11.6 Å². The number of hydrogen-bond donors (Lipinski definition) is 1. The van der Waals surface area contributed by atoms with Crippen LogP contribution in [0.15, 0.2) is 54.6 Å². The number of amides is 1. The predicted molar refractivity (Wildman–Crippen MR) is 99.4 cm³/mol. The van der Waals surface area contributed by atoms with E-state index in [0.717, 1.165) is 44.0 Å². The molecule has 0 radical (unpaired) electrons. The molecule has 1 saturated heterocycles. The Morgan fingerprint density at radius 1 is 1.08 bits per heavy atom. The summed E-state index contributed by atoms with van der Waals surface area (Å²) in [6, 6.07) is 17.9. The zero-order valence-electron chi connectivity index (χ0n) is 13.7. The largest absolute Gasteiger partial charge is 0.325 e. The summed E-state index contributed by atoms with van der Waals surface area (Å²) < 4.78 is 0. The van der Waals surface area contributed by atoms with Gasteiger partial charge in [0.15, 0.2) is 0 Å². The van der Waals surface area contributed by atoms with Gasteiger partial charge < -0.3 is 5.32 Å². The van der Waals surface area contributed by atoms with Crippen molar-refractivity contribution in [2.45, 2.75) is 19.3 Å². The summed E-state index contributed by atoms with van der Waals surface area (Å²) in [4.78, 5) is 14.4. The zero-order chi connectivity index (χ0) is 16.8.